The van der Waals surface area contributed by atoms with Crippen molar-refractivity contribution in [1.29, 1.82) is 0 Å². The molecule has 1 aliphatic heterocycles. The van der Waals surface area contributed by atoms with Crippen LogP contribution in [0.3, 0.4) is 0 Å². The van der Waals surface area contributed by atoms with Crippen molar-refractivity contribution in [2.45, 2.75) is 12.8 Å². The van der Waals surface area contributed by atoms with E-state index in [9.17, 15) is 4.39 Å². The number of hydrogen-bond donors (Lipinski definition) is 1. The molecule has 1 fully saturated rings. The Bertz CT molecular complexity index is 292. The third-order valence-corrected chi connectivity index (χ3v) is 2.53. The van der Waals surface area contributed by atoms with Crippen LogP contribution in [0, 0.1) is 12.7 Å². The maximum absolute atomic E-state index is 13.1. The van der Waals surface area contributed by atoms with E-state index in [4.69, 9.17) is 0 Å². The number of nitrogens with one attached hydrogen (secondary N) is 1. The first-order valence-electron chi connectivity index (χ1n) is 4.25. The Morgan fingerprint density at radius 3 is 2.75 bits per heavy atom. The van der Waals surface area contributed by atoms with E-state index in [2.05, 4.69) is 5.32 Å². The van der Waals surface area contributed by atoms with E-state index >= 15 is 0 Å². The summed E-state index contributed by atoms with van der Waals surface area (Å²) in [6.45, 7) is 3.83. The molecule has 0 unspecified atom stereocenters. The standard InChI is InChI=1S/C10H12FN/c1-7-9(8-5-12-6-8)3-2-4-10(7)11/h2-4,8,12H,5-6H2,1H3. The summed E-state index contributed by atoms with van der Waals surface area (Å²) in [4.78, 5) is 0. The van der Waals surface area contributed by atoms with Crippen LogP contribution in [0.5, 0.6) is 0 Å². The second-order valence-electron chi connectivity index (χ2n) is 3.31. The molecule has 12 heavy (non-hydrogen) atoms. The molecule has 0 bridgehead atoms. The molecule has 0 radical (unpaired) electrons. The van der Waals surface area contributed by atoms with Crippen LogP contribution in [0.2, 0.25) is 0 Å². The molecular weight excluding hydrogens is 153 g/mol. The van der Waals surface area contributed by atoms with Gasteiger partial charge in [-0.3, -0.25) is 0 Å². The average molecular weight is 165 g/mol. The van der Waals surface area contributed by atoms with Gasteiger partial charge in [-0.1, -0.05) is 12.1 Å². The quantitative estimate of drug-likeness (QED) is 0.669. The molecule has 1 nitrogen and oxygen atoms in total. The van der Waals surface area contributed by atoms with Crippen molar-refractivity contribution in [1.82, 2.24) is 5.32 Å². The Balaban J connectivity index is 2.36. The minimum atomic E-state index is -0.0839. The van der Waals surface area contributed by atoms with Crippen molar-refractivity contribution < 1.29 is 4.39 Å². The largest absolute Gasteiger partial charge is 0.315 e. The van der Waals surface area contributed by atoms with E-state index in [1.165, 1.54) is 6.07 Å². The average Bonchev–Trinajstić information content (AvgIpc) is 1.95. The van der Waals surface area contributed by atoms with E-state index in [0.29, 0.717) is 5.92 Å². The Hall–Kier alpha value is -0.890. The molecule has 0 saturated carbocycles. The monoisotopic (exact) mass is 165 g/mol. The highest BCUT2D eigenvalue weighted by Crippen LogP contribution is 2.24. The van der Waals surface area contributed by atoms with Gasteiger partial charge in [-0.2, -0.15) is 0 Å². The first-order chi connectivity index (χ1) is 5.79. The van der Waals surface area contributed by atoms with E-state index in [1.807, 2.05) is 13.0 Å². The summed E-state index contributed by atoms with van der Waals surface area (Å²) < 4.78 is 13.1. The molecule has 0 aliphatic carbocycles. The second-order valence-corrected chi connectivity index (χ2v) is 3.31. The maximum Gasteiger partial charge on any atom is 0.126 e. The number of halogens is 1. The van der Waals surface area contributed by atoms with Gasteiger partial charge in [-0.15, -0.1) is 0 Å². The molecule has 1 N–H and O–H groups in total. The zero-order chi connectivity index (χ0) is 8.55. The summed E-state index contributed by atoms with van der Waals surface area (Å²) in [5.41, 5.74) is 1.97. The molecule has 0 aromatic heterocycles. The first-order valence-corrected chi connectivity index (χ1v) is 4.25. The minimum absolute atomic E-state index is 0.0839. The van der Waals surface area contributed by atoms with Gasteiger partial charge in [0.2, 0.25) is 0 Å². The lowest BCUT2D eigenvalue weighted by Gasteiger charge is -2.28. The SMILES string of the molecule is Cc1c(F)cccc1C1CNC1. The van der Waals surface area contributed by atoms with Crippen molar-refractivity contribution in [3.8, 4) is 0 Å². The van der Waals surface area contributed by atoms with Crippen LogP contribution in [0.15, 0.2) is 18.2 Å². The molecule has 0 spiro atoms. The molecule has 0 atom stereocenters. The van der Waals surface area contributed by atoms with Gasteiger partial charge >= 0.3 is 0 Å². The fourth-order valence-corrected chi connectivity index (χ4v) is 1.58. The van der Waals surface area contributed by atoms with E-state index in [1.54, 1.807) is 6.07 Å². The minimum Gasteiger partial charge on any atom is -0.315 e. The molecule has 1 aromatic rings. The van der Waals surface area contributed by atoms with E-state index < -0.39 is 0 Å². The van der Waals surface area contributed by atoms with Crippen LogP contribution in [0.4, 0.5) is 4.39 Å². The van der Waals surface area contributed by atoms with Crippen LogP contribution >= 0.6 is 0 Å². The van der Waals surface area contributed by atoms with Gasteiger partial charge in [0.05, 0.1) is 0 Å². The lowest BCUT2D eigenvalue weighted by Crippen LogP contribution is -2.40. The summed E-state index contributed by atoms with van der Waals surface area (Å²) in [6.07, 6.45) is 0. The van der Waals surface area contributed by atoms with Crippen molar-refractivity contribution in [2.75, 3.05) is 13.1 Å². The van der Waals surface area contributed by atoms with Crippen LogP contribution in [-0.4, -0.2) is 13.1 Å². The van der Waals surface area contributed by atoms with Gasteiger partial charge in [0.1, 0.15) is 5.82 Å². The highest BCUT2D eigenvalue weighted by atomic mass is 19.1. The van der Waals surface area contributed by atoms with Gasteiger partial charge in [0, 0.05) is 19.0 Å². The molecule has 0 amide bonds. The first kappa shape index (κ1) is 7.74. The predicted molar refractivity (Wildman–Crippen MR) is 46.7 cm³/mol. The predicted octanol–water partition coefficient (Wildman–Crippen LogP) is 1.82. The molecule has 2 rings (SSSR count). The maximum atomic E-state index is 13.1. The van der Waals surface area contributed by atoms with Gasteiger partial charge in [0.15, 0.2) is 0 Å². The third kappa shape index (κ3) is 1.12. The zero-order valence-electron chi connectivity index (χ0n) is 7.10. The van der Waals surface area contributed by atoms with Crippen LogP contribution < -0.4 is 5.32 Å². The van der Waals surface area contributed by atoms with Gasteiger partial charge in [-0.25, -0.2) is 4.39 Å². The number of benzene rings is 1. The van der Waals surface area contributed by atoms with Crippen LogP contribution in [-0.2, 0) is 0 Å². The van der Waals surface area contributed by atoms with Crippen molar-refractivity contribution in [3.05, 3.63) is 35.1 Å². The summed E-state index contributed by atoms with van der Waals surface area (Å²) in [5, 5.41) is 3.18. The molecule has 64 valence electrons. The third-order valence-electron chi connectivity index (χ3n) is 2.53. The summed E-state index contributed by atoms with van der Waals surface area (Å²) in [6, 6.07) is 5.32. The molecular formula is C10H12FN. The van der Waals surface area contributed by atoms with Crippen molar-refractivity contribution in [3.63, 3.8) is 0 Å². The Labute approximate surface area is 71.6 Å². The fraction of sp³-hybridized carbons (Fsp3) is 0.400. The van der Waals surface area contributed by atoms with Gasteiger partial charge < -0.3 is 5.32 Å². The number of hydrogen-bond acceptors (Lipinski definition) is 1. The highest BCUT2D eigenvalue weighted by molar-refractivity contribution is 5.32. The Morgan fingerprint density at radius 2 is 2.17 bits per heavy atom. The smallest absolute Gasteiger partial charge is 0.126 e. The Kier molecular flexibility index (Phi) is 1.85. The fourth-order valence-electron chi connectivity index (χ4n) is 1.58. The second kappa shape index (κ2) is 2.87. The highest BCUT2D eigenvalue weighted by Gasteiger charge is 2.21. The van der Waals surface area contributed by atoms with Gasteiger partial charge in [-0.05, 0) is 24.1 Å². The molecule has 1 heterocycles. The Morgan fingerprint density at radius 1 is 1.42 bits per heavy atom. The van der Waals surface area contributed by atoms with E-state index in [0.717, 1.165) is 24.2 Å². The summed E-state index contributed by atoms with van der Waals surface area (Å²) in [5.74, 6) is 0.445. The van der Waals surface area contributed by atoms with Crippen molar-refractivity contribution >= 4 is 0 Å². The molecule has 1 aliphatic rings. The van der Waals surface area contributed by atoms with E-state index in [-0.39, 0.29) is 5.82 Å². The summed E-state index contributed by atoms with van der Waals surface area (Å²) >= 11 is 0. The topological polar surface area (TPSA) is 12.0 Å². The lowest BCUT2D eigenvalue weighted by atomic mass is 9.90. The normalized spacial score (nSPS) is 17.5. The molecule has 2 heteroatoms. The lowest BCUT2D eigenvalue weighted by molar-refractivity contribution is 0.444. The zero-order valence-corrected chi connectivity index (χ0v) is 7.10. The van der Waals surface area contributed by atoms with Crippen LogP contribution in [0.1, 0.15) is 17.0 Å². The van der Waals surface area contributed by atoms with Crippen LogP contribution in [0.25, 0.3) is 0 Å². The number of rotatable bonds is 1. The molecule has 1 aromatic carbocycles. The van der Waals surface area contributed by atoms with Gasteiger partial charge in [0.25, 0.3) is 0 Å². The summed E-state index contributed by atoms with van der Waals surface area (Å²) in [7, 11) is 0. The molecule has 1 saturated heterocycles. The van der Waals surface area contributed by atoms with Crippen molar-refractivity contribution in [2.24, 2.45) is 0 Å².